The monoisotopic (exact) mass is 341 g/mol. The largest absolute Gasteiger partial charge is 0.354 e. The predicted molar refractivity (Wildman–Crippen MR) is 78.3 cm³/mol. The number of carbonyl (C=O) groups excluding carboxylic acids is 1. The Labute approximate surface area is 124 Å². The van der Waals surface area contributed by atoms with Crippen molar-refractivity contribution in [3.63, 3.8) is 0 Å². The van der Waals surface area contributed by atoms with Gasteiger partial charge in [0.2, 0.25) is 5.91 Å². The van der Waals surface area contributed by atoms with E-state index in [9.17, 15) is 4.79 Å². The number of hydrogen-bond donors (Lipinski definition) is 1. The van der Waals surface area contributed by atoms with E-state index in [0.717, 1.165) is 40.7 Å². The summed E-state index contributed by atoms with van der Waals surface area (Å²) >= 11 is 9.42. The lowest BCUT2D eigenvalue weighted by Gasteiger charge is -2.24. The number of imidazole rings is 1. The first-order valence-corrected chi connectivity index (χ1v) is 7.53. The molecule has 1 aliphatic rings. The molecule has 0 spiro atoms. The molecule has 0 bridgehead atoms. The number of nitrogens with zero attached hydrogens (tertiary/aromatic N) is 2. The van der Waals surface area contributed by atoms with Crippen LogP contribution in [0.5, 0.6) is 0 Å². The van der Waals surface area contributed by atoms with Crippen molar-refractivity contribution >= 4 is 44.5 Å². The van der Waals surface area contributed by atoms with Crippen molar-refractivity contribution in [2.24, 2.45) is 0 Å². The van der Waals surface area contributed by atoms with Gasteiger partial charge in [0.25, 0.3) is 0 Å². The number of carbonyl (C=O) groups is 1. The standard InChI is InChI=1S/C13H13BrClN3O/c14-8-3-4-10-9(6-8)17-12(7-15)18(10)11-2-1-5-16-13(11)19/h3-4,6,11H,1-2,5,7H2,(H,16,19). The summed E-state index contributed by atoms with van der Waals surface area (Å²) in [6, 6.07) is 5.68. The van der Waals surface area contributed by atoms with Gasteiger partial charge in [0, 0.05) is 11.0 Å². The summed E-state index contributed by atoms with van der Waals surface area (Å²) in [4.78, 5) is 16.6. The molecule has 1 amide bonds. The van der Waals surface area contributed by atoms with Crippen molar-refractivity contribution in [1.29, 1.82) is 0 Å². The van der Waals surface area contributed by atoms with E-state index in [-0.39, 0.29) is 11.9 Å². The Balaban J connectivity index is 2.17. The van der Waals surface area contributed by atoms with Gasteiger partial charge < -0.3 is 9.88 Å². The van der Waals surface area contributed by atoms with Gasteiger partial charge in [-0.3, -0.25) is 4.79 Å². The first-order chi connectivity index (χ1) is 9.20. The lowest BCUT2D eigenvalue weighted by molar-refractivity contribution is -0.125. The van der Waals surface area contributed by atoms with Crippen LogP contribution in [0.25, 0.3) is 11.0 Å². The van der Waals surface area contributed by atoms with E-state index in [2.05, 4.69) is 26.2 Å². The fourth-order valence-electron chi connectivity index (χ4n) is 2.57. The predicted octanol–water partition coefficient (Wildman–Crippen LogP) is 2.99. The quantitative estimate of drug-likeness (QED) is 0.853. The summed E-state index contributed by atoms with van der Waals surface area (Å²) in [7, 11) is 0. The van der Waals surface area contributed by atoms with Gasteiger partial charge in [-0.25, -0.2) is 4.98 Å². The molecule has 0 aliphatic carbocycles. The highest BCUT2D eigenvalue weighted by Crippen LogP contribution is 2.28. The molecule has 1 unspecified atom stereocenters. The zero-order valence-corrected chi connectivity index (χ0v) is 12.5. The Morgan fingerprint density at radius 2 is 2.37 bits per heavy atom. The fraction of sp³-hybridized carbons (Fsp3) is 0.385. The van der Waals surface area contributed by atoms with Crippen LogP contribution in [-0.4, -0.2) is 22.0 Å². The van der Waals surface area contributed by atoms with Crippen LogP contribution >= 0.6 is 27.5 Å². The van der Waals surface area contributed by atoms with Gasteiger partial charge in [-0.1, -0.05) is 15.9 Å². The molecule has 2 aromatic rings. The van der Waals surface area contributed by atoms with Crippen LogP contribution in [0.15, 0.2) is 22.7 Å². The van der Waals surface area contributed by atoms with Crippen LogP contribution in [0, 0.1) is 0 Å². The van der Waals surface area contributed by atoms with Crippen molar-refractivity contribution < 1.29 is 4.79 Å². The topological polar surface area (TPSA) is 46.9 Å². The number of hydrogen-bond acceptors (Lipinski definition) is 2. The molecule has 19 heavy (non-hydrogen) atoms. The van der Waals surface area contributed by atoms with Crippen LogP contribution in [0.4, 0.5) is 0 Å². The summed E-state index contributed by atoms with van der Waals surface area (Å²) in [6.45, 7) is 0.754. The van der Waals surface area contributed by atoms with E-state index < -0.39 is 0 Å². The first kappa shape index (κ1) is 12.9. The second-order valence-electron chi connectivity index (χ2n) is 4.61. The molecule has 4 nitrogen and oxygen atoms in total. The molecule has 1 fully saturated rings. The lowest BCUT2D eigenvalue weighted by Crippen LogP contribution is -2.38. The molecule has 1 aromatic carbocycles. The molecular weight excluding hydrogens is 330 g/mol. The molecule has 1 atom stereocenters. The van der Waals surface area contributed by atoms with Gasteiger partial charge in [0.1, 0.15) is 11.9 Å². The normalized spacial score (nSPS) is 19.7. The third kappa shape index (κ3) is 2.25. The fourth-order valence-corrected chi connectivity index (χ4v) is 3.10. The number of amides is 1. The molecule has 2 heterocycles. The molecule has 1 aromatic heterocycles. The van der Waals surface area contributed by atoms with Gasteiger partial charge in [-0.05, 0) is 31.0 Å². The average molecular weight is 343 g/mol. The number of piperidine rings is 1. The van der Waals surface area contributed by atoms with E-state index in [4.69, 9.17) is 11.6 Å². The number of alkyl halides is 1. The maximum Gasteiger partial charge on any atom is 0.243 e. The smallest absolute Gasteiger partial charge is 0.243 e. The molecule has 0 saturated carbocycles. The number of aromatic nitrogens is 2. The highest BCUT2D eigenvalue weighted by Gasteiger charge is 2.27. The Bertz CT molecular complexity index is 640. The molecule has 100 valence electrons. The molecule has 1 aliphatic heterocycles. The van der Waals surface area contributed by atoms with E-state index in [1.807, 2.05) is 22.8 Å². The minimum absolute atomic E-state index is 0.0554. The maximum absolute atomic E-state index is 12.1. The summed E-state index contributed by atoms with van der Waals surface area (Å²) in [5, 5.41) is 2.91. The Morgan fingerprint density at radius 1 is 1.53 bits per heavy atom. The number of halogens is 2. The molecule has 6 heteroatoms. The van der Waals surface area contributed by atoms with Gasteiger partial charge in [0.15, 0.2) is 0 Å². The van der Waals surface area contributed by atoms with Gasteiger partial charge >= 0.3 is 0 Å². The highest BCUT2D eigenvalue weighted by atomic mass is 79.9. The number of benzene rings is 1. The number of rotatable bonds is 2. The van der Waals surface area contributed by atoms with Crippen LogP contribution in [0.3, 0.4) is 0 Å². The van der Waals surface area contributed by atoms with Crippen LogP contribution in [0.2, 0.25) is 0 Å². The van der Waals surface area contributed by atoms with Crippen molar-refractivity contribution in [2.75, 3.05) is 6.54 Å². The lowest BCUT2D eigenvalue weighted by atomic mass is 10.1. The van der Waals surface area contributed by atoms with Crippen molar-refractivity contribution in [3.8, 4) is 0 Å². The van der Waals surface area contributed by atoms with E-state index in [0.29, 0.717) is 5.88 Å². The van der Waals surface area contributed by atoms with E-state index in [1.54, 1.807) is 0 Å². The van der Waals surface area contributed by atoms with Gasteiger partial charge in [-0.15, -0.1) is 11.6 Å². The molecule has 1 saturated heterocycles. The second-order valence-corrected chi connectivity index (χ2v) is 5.80. The summed E-state index contributed by atoms with van der Waals surface area (Å²) in [5.41, 5.74) is 1.82. The van der Waals surface area contributed by atoms with Crippen molar-refractivity contribution in [3.05, 3.63) is 28.5 Å². The number of fused-ring (bicyclic) bond motifs is 1. The zero-order valence-electron chi connectivity index (χ0n) is 10.2. The van der Waals surface area contributed by atoms with Crippen LogP contribution in [-0.2, 0) is 10.7 Å². The van der Waals surface area contributed by atoms with Gasteiger partial charge in [-0.2, -0.15) is 0 Å². The third-order valence-corrected chi connectivity index (χ3v) is 4.14. The van der Waals surface area contributed by atoms with Crippen molar-refractivity contribution in [2.45, 2.75) is 24.8 Å². The Hall–Kier alpha value is -1.07. The number of nitrogens with one attached hydrogen (secondary N) is 1. The van der Waals surface area contributed by atoms with Crippen LogP contribution < -0.4 is 5.32 Å². The maximum atomic E-state index is 12.1. The van der Waals surface area contributed by atoms with Crippen LogP contribution in [0.1, 0.15) is 24.7 Å². The van der Waals surface area contributed by atoms with Gasteiger partial charge in [0.05, 0.1) is 16.9 Å². The summed E-state index contributed by atoms with van der Waals surface area (Å²) < 4.78 is 2.95. The SMILES string of the molecule is O=C1NCCCC1n1c(CCl)nc2cc(Br)ccc21. The van der Waals surface area contributed by atoms with Crippen molar-refractivity contribution in [1.82, 2.24) is 14.9 Å². The average Bonchev–Trinajstić information content (AvgIpc) is 2.76. The Kier molecular flexibility index (Phi) is 3.50. The van der Waals surface area contributed by atoms with E-state index in [1.165, 1.54) is 0 Å². The zero-order chi connectivity index (χ0) is 13.4. The third-order valence-electron chi connectivity index (χ3n) is 3.41. The molecule has 0 radical (unpaired) electrons. The highest BCUT2D eigenvalue weighted by molar-refractivity contribution is 9.10. The minimum Gasteiger partial charge on any atom is -0.354 e. The summed E-state index contributed by atoms with van der Waals surface area (Å²) in [5.74, 6) is 1.10. The molecule has 1 N–H and O–H groups in total. The first-order valence-electron chi connectivity index (χ1n) is 6.21. The second kappa shape index (κ2) is 5.13. The van der Waals surface area contributed by atoms with E-state index >= 15 is 0 Å². The molecular formula is C13H13BrClN3O. The Morgan fingerprint density at radius 3 is 3.11 bits per heavy atom. The minimum atomic E-state index is -0.200. The summed E-state index contributed by atoms with van der Waals surface area (Å²) in [6.07, 6.45) is 1.81. The molecule has 3 rings (SSSR count).